The maximum absolute atomic E-state index is 10.1. The molecule has 1 aromatic carbocycles. The zero-order valence-electron chi connectivity index (χ0n) is 12.5. The van der Waals surface area contributed by atoms with E-state index in [1.165, 1.54) is 5.56 Å². The van der Waals surface area contributed by atoms with Crippen molar-refractivity contribution in [1.82, 2.24) is 5.32 Å². The fourth-order valence-electron chi connectivity index (χ4n) is 2.48. The van der Waals surface area contributed by atoms with Gasteiger partial charge < -0.3 is 15.5 Å². The van der Waals surface area contributed by atoms with E-state index >= 15 is 0 Å². The SMILES string of the molecule is CC(C)Cc1ccc(C(O)CNCC(O)C2CC2)cc1. The molecule has 1 aliphatic carbocycles. The number of aliphatic hydroxyl groups excluding tert-OH is 2. The van der Waals surface area contributed by atoms with Crippen molar-refractivity contribution in [2.24, 2.45) is 11.8 Å². The molecular weight excluding hydrogens is 250 g/mol. The summed E-state index contributed by atoms with van der Waals surface area (Å²) in [6, 6.07) is 8.19. The van der Waals surface area contributed by atoms with E-state index < -0.39 is 6.10 Å². The average Bonchev–Trinajstić information content (AvgIpc) is 3.23. The molecule has 2 unspecified atom stereocenters. The van der Waals surface area contributed by atoms with E-state index in [4.69, 9.17) is 0 Å². The van der Waals surface area contributed by atoms with E-state index in [-0.39, 0.29) is 6.10 Å². The van der Waals surface area contributed by atoms with Crippen LogP contribution in [0.2, 0.25) is 0 Å². The highest BCUT2D eigenvalue weighted by Crippen LogP contribution is 2.32. The first-order valence-corrected chi connectivity index (χ1v) is 7.72. The third-order valence-electron chi connectivity index (χ3n) is 3.87. The van der Waals surface area contributed by atoms with Crippen LogP contribution >= 0.6 is 0 Å². The zero-order chi connectivity index (χ0) is 14.5. The molecule has 3 heteroatoms. The van der Waals surface area contributed by atoms with E-state index in [0.717, 1.165) is 24.8 Å². The summed E-state index contributed by atoms with van der Waals surface area (Å²) in [5.41, 5.74) is 2.25. The van der Waals surface area contributed by atoms with Crippen LogP contribution in [0.3, 0.4) is 0 Å². The highest BCUT2D eigenvalue weighted by molar-refractivity contribution is 5.24. The quantitative estimate of drug-likeness (QED) is 0.683. The Hall–Kier alpha value is -0.900. The molecule has 0 aromatic heterocycles. The van der Waals surface area contributed by atoms with E-state index in [1.54, 1.807) is 0 Å². The Morgan fingerprint density at radius 2 is 1.75 bits per heavy atom. The van der Waals surface area contributed by atoms with Crippen LogP contribution < -0.4 is 5.32 Å². The molecule has 20 heavy (non-hydrogen) atoms. The summed E-state index contributed by atoms with van der Waals surface area (Å²) in [4.78, 5) is 0. The summed E-state index contributed by atoms with van der Waals surface area (Å²) in [5.74, 6) is 1.13. The molecule has 0 amide bonds. The van der Waals surface area contributed by atoms with Crippen LogP contribution in [0.1, 0.15) is 43.9 Å². The summed E-state index contributed by atoms with van der Waals surface area (Å²) in [6.07, 6.45) is 2.60. The summed E-state index contributed by atoms with van der Waals surface area (Å²) in [6.45, 7) is 5.48. The monoisotopic (exact) mass is 277 g/mol. The maximum Gasteiger partial charge on any atom is 0.0914 e. The highest BCUT2D eigenvalue weighted by atomic mass is 16.3. The Kier molecular flexibility index (Phi) is 5.58. The van der Waals surface area contributed by atoms with Crippen LogP contribution in [0.4, 0.5) is 0 Å². The molecule has 0 spiro atoms. The van der Waals surface area contributed by atoms with Gasteiger partial charge >= 0.3 is 0 Å². The molecule has 0 heterocycles. The molecular formula is C17H27NO2. The zero-order valence-corrected chi connectivity index (χ0v) is 12.5. The molecule has 2 atom stereocenters. The lowest BCUT2D eigenvalue weighted by Crippen LogP contribution is -2.31. The lowest BCUT2D eigenvalue weighted by atomic mass is 10.0. The van der Waals surface area contributed by atoms with Crippen LogP contribution in [0.25, 0.3) is 0 Å². The Labute approximate surface area is 122 Å². The van der Waals surface area contributed by atoms with Crippen molar-refractivity contribution in [1.29, 1.82) is 0 Å². The van der Waals surface area contributed by atoms with Gasteiger partial charge in [-0.25, -0.2) is 0 Å². The minimum absolute atomic E-state index is 0.254. The van der Waals surface area contributed by atoms with Gasteiger partial charge in [-0.05, 0) is 42.2 Å². The fourth-order valence-corrected chi connectivity index (χ4v) is 2.48. The predicted molar refractivity (Wildman–Crippen MR) is 81.5 cm³/mol. The van der Waals surface area contributed by atoms with Crippen LogP contribution in [0, 0.1) is 11.8 Å². The summed E-state index contributed by atoms with van der Waals surface area (Å²) in [5, 5.41) is 23.0. The molecule has 112 valence electrons. The average molecular weight is 277 g/mol. The number of hydrogen-bond acceptors (Lipinski definition) is 3. The third kappa shape index (κ3) is 4.89. The van der Waals surface area contributed by atoms with Crippen molar-refractivity contribution in [2.75, 3.05) is 13.1 Å². The van der Waals surface area contributed by atoms with Crippen LogP contribution in [-0.4, -0.2) is 29.4 Å². The predicted octanol–water partition coefficient (Wildman–Crippen LogP) is 2.28. The molecule has 0 aliphatic heterocycles. The number of hydrogen-bond donors (Lipinski definition) is 3. The molecule has 0 saturated heterocycles. The summed E-state index contributed by atoms with van der Waals surface area (Å²) in [7, 11) is 0. The normalized spacial score (nSPS) is 18.2. The molecule has 1 aromatic rings. The highest BCUT2D eigenvalue weighted by Gasteiger charge is 2.29. The third-order valence-corrected chi connectivity index (χ3v) is 3.87. The topological polar surface area (TPSA) is 52.5 Å². The fraction of sp³-hybridized carbons (Fsp3) is 0.647. The van der Waals surface area contributed by atoms with Crippen LogP contribution in [-0.2, 0) is 6.42 Å². The van der Waals surface area contributed by atoms with Crippen molar-refractivity contribution in [3.8, 4) is 0 Å². The van der Waals surface area contributed by atoms with Crippen LogP contribution in [0.15, 0.2) is 24.3 Å². The molecule has 3 N–H and O–H groups in total. The van der Waals surface area contributed by atoms with Crippen LogP contribution in [0.5, 0.6) is 0 Å². The van der Waals surface area contributed by atoms with E-state index in [2.05, 4.69) is 31.3 Å². The molecule has 1 aliphatic rings. The first-order chi connectivity index (χ1) is 9.56. The van der Waals surface area contributed by atoms with Crippen molar-refractivity contribution < 1.29 is 10.2 Å². The van der Waals surface area contributed by atoms with Crippen molar-refractivity contribution in [3.63, 3.8) is 0 Å². The molecule has 1 fully saturated rings. The van der Waals surface area contributed by atoms with Gasteiger partial charge in [-0.1, -0.05) is 38.1 Å². The van der Waals surface area contributed by atoms with Gasteiger partial charge in [0.25, 0.3) is 0 Å². The maximum atomic E-state index is 10.1. The second-order valence-electron chi connectivity index (χ2n) is 6.42. The lowest BCUT2D eigenvalue weighted by Gasteiger charge is -2.15. The van der Waals surface area contributed by atoms with E-state index in [9.17, 15) is 10.2 Å². The lowest BCUT2D eigenvalue weighted by molar-refractivity contribution is 0.132. The minimum Gasteiger partial charge on any atom is -0.392 e. The van der Waals surface area contributed by atoms with Gasteiger partial charge in [-0.3, -0.25) is 0 Å². The number of aliphatic hydroxyl groups is 2. The van der Waals surface area contributed by atoms with Gasteiger partial charge in [0.15, 0.2) is 0 Å². The summed E-state index contributed by atoms with van der Waals surface area (Å²) < 4.78 is 0. The van der Waals surface area contributed by atoms with Gasteiger partial charge in [0.2, 0.25) is 0 Å². The standard InChI is InChI=1S/C17H27NO2/c1-12(2)9-13-3-5-14(6-4-13)16(19)10-18-11-17(20)15-7-8-15/h3-6,12,15-20H,7-11H2,1-2H3. The second kappa shape index (κ2) is 7.21. The largest absolute Gasteiger partial charge is 0.392 e. The summed E-state index contributed by atoms with van der Waals surface area (Å²) >= 11 is 0. The number of benzene rings is 1. The van der Waals surface area contributed by atoms with Gasteiger partial charge in [0, 0.05) is 13.1 Å². The number of nitrogens with one attached hydrogen (secondary N) is 1. The smallest absolute Gasteiger partial charge is 0.0914 e. The Morgan fingerprint density at radius 1 is 1.10 bits per heavy atom. The molecule has 2 rings (SSSR count). The Morgan fingerprint density at radius 3 is 2.30 bits per heavy atom. The molecule has 1 saturated carbocycles. The van der Waals surface area contributed by atoms with Gasteiger partial charge in [-0.15, -0.1) is 0 Å². The Bertz CT molecular complexity index is 398. The van der Waals surface area contributed by atoms with Gasteiger partial charge in [0.1, 0.15) is 0 Å². The minimum atomic E-state index is -0.505. The Balaban J connectivity index is 1.74. The van der Waals surface area contributed by atoms with Gasteiger partial charge in [0.05, 0.1) is 12.2 Å². The van der Waals surface area contributed by atoms with Crippen molar-refractivity contribution in [2.45, 2.75) is 45.3 Å². The molecule has 0 radical (unpaired) electrons. The first-order valence-electron chi connectivity index (χ1n) is 7.72. The first kappa shape index (κ1) is 15.5. The van der Waals surface area contributed by atoms with E-state index in [1.807, 2.05) is 12.1 Å². The molecule has 3 nitrogen and oxygen atoms in total. The molecule has 0 bridgehead atoms. The van der Waals surface area contributed by atoms with Crippen molar-refractivity contribution >= 4 is 0 Å². The van der Waals surface area contributed by atoms with Crippen molar-refractivity contribution in [3.05, 3.63) is 35.4 Å². The second-order valence-corrected chi connectivity index (χ2v) is 6.42. The number of rotatable bonds is 8. The van der Waals surface area contributed by atoms with Gasteiger partial charge in [-0.2, -0.15) is 0 Å². The van der Waals surface area contributed by atoms with E-state index in [0.29, 0.717) is 24.9 Å².